The lowest BCUT2D eigenvalue weighted by Gasteiger charge is -2.33. The summed E-state index contributed by atoms with van der Waals surface area (Å²) in [5, 5.41) is 0.605. The van der Waals surface area contributed by atoms with Crippen molar-refractivity contribution in [1.82, 2.24) is 4.90 Å². The van der Waals surface area contributed by atoms with E-state index in [1.807, 2.05) is 39.8 Å². The number of hydrogen-bond acceptors (Lipinski definition) is 6. The zero-order chi connectivity index (χ0) is 35.5. The fourth-order valence-electron chi connectivity index (χ4n) is 5.39. The number of benzene rings is 3. The van der Waals surface area contributed by atoms with Crippen LogP contribution in [-0.4, -0.2) is 55.4 Å². The molecular weight excluding hydrogens is 638 g/mol. The minimum Gasteiger partial charge on any atom is -0.476 e. The van der Waals surface area contributed by atoms with E-state index in [1.54, 1.807) is 44.2 Å². The Balaban J connectivity index is 1.51. The number of esters is 1. The zero-order valence-electron chi connectivity index (χ0n) is 30.3. The molecule has 0 atom stereocenters. The normalized spacial score (nSPS) is 12.5. The molecule has 0 aliphatic rings. The van der Waals surface area contributed by atoms with Crippen molar-refractivity contribution in [3.63, 3.8) is 0 Å². The van der Waals surface area contributed by atoms with Gasteiger partial charge in [-0.15, -0.1) is 0 Å². The van der Waals surface area contributed by atoms with Gasteiger partial charge in [0.15, 0.2) is 11.4 Å². The Bertz CT molecular complexity index is 1500. The number of carbonyl (C=O) groups excluding carboxylic acids is 2. The molecule has 0 radical (unpaired) electrons. The number of nitrogens with zero attached hydrogens (tertiary/aromatic N) is 1. The van der Waals surface area contributed by atoms with Crippen LogP contribution < -0.4 is 4.74 Å². The number of rotatable bonds is 18. The molecule has 0 amide bonds. The molecule has 3 aromatic rings. The molecule has 8 heteroatoms. The van der Waals surface area contributed by atoms with Crippen molar-refractivity contribution in [1.29, 1.82) is 0 Å². The van der Waals surface area contributed by atoms with Crippen LogP contribution in [0.1, 0.15) is 73.1 Å². The van der Waals surface area contributed by atoms with Crippen LogP contribution in [0.3, 0.4) is 0 Å². The van der Waals surface area contributed by atoms with Crippen molar-refractivity contribution in [2.45, 2.75) is 98.2 Å². The number of hydrogen-bond donors (Lipinski definition) is 0. The molecule has 3 rings (SSSR count). The van der Waals surface area contributed by atoms with Gasteiger partial charge in [-0.3, -0.25) is 9.69 Å². The van der Waals surface area contributed by atoms with Gasteiger partial charge >= 0.3 is 5.97 Å². The summed E-state index contributed by atoms with van der Waals surface area (Å²) in [6.07, 6.45) is 6.60. The second-order valence-electron chi connectivity index (χ2n) is 15.0. The Morgan fingerprint density at radius 1 is 0.896 bits per heavy atom. The Labute approximate surface area is 294 Å². The van der Waals surface area contributed by atoms with Crippen LogP contribution in [0.25, 0.3) is 0 Å². The molecule has 0 saturated carbocycles. The first-order valence-electron chi connectivity index (χ1n) is 16.8. The quantitative estimate of drug-likeness (QED) is 0.0331. The van der Waals surface area contributed by atoms with Crippen molar-refractivity contribution in [3.8, 4) is 5.75 Å². The van der Waals surface area contributed by atoms with Crippen LogP contribution in [-0.2, 0) is 27.2 Å². The smallest absolute Gasteiger partial charge is 0.350 e. The van der Waals surface area contributed by atoms with E-state index in [0.29, 0.717) is 36.1 Å². The monoisotopic (exact) mass is 691 g/mol. The molecule has 0 aliphatic carbocycles. The molecule has 0 aromatic heterocycles. The van der Waals surface area contributed by atoms with Gasteiger partial charge in [0.1, 0.15) is 11.4 Å². The van der Waals surface area contributed by atoms with Gasteiger partial charge in [-0.05, 0) is 113 Å². The van der Waals surface area contributed by atoms with Gasteiger partial charge < -0.3 is 14.2 Å². The van der Waals surface area contributed by atoms with Crippen LogP contribution >= 0.6 is 11.6 Å². The Morgan fingerprint density at radius 3 is 2.12 bits per heavy atom. The van der Waals surface area contributed by atoms with Crippen molar-refractivity contribution < 1.29 is 23.8 Å². The largest absolute Gasteiger partial charge is 0.476 e. The molecular formula is C40H54ClNO5Si. The van der Waals surface area contributed by atoms with Gasteiger partial charge in [0.05, 0.1) is 21.4 Å². The summed E-state index contributed by atoms with van der Waals surface area (Å²) in [5.74, 6) is 0.210. The molecule has 0 fully saturated rings. The van der Waals surface area contributed by atoms with E-state index in [1.165, 1.54) is 5.56 Å². The fraction of sp³-hybridized carbons (Fsp3) is 0.450. The van der Waals surface area contributed by atoms with E-state index in [-0.39, 0.29) is 5.78 Å². The third-order valence-corrected chi connectivity index (χ3v) is 9.45. The number of aryl methyl sites for hydroxylation is 3. The van der Waals surface area contributed by atoms with Crippen molar-refractivity contribution in [2.24, 2.45) is 0 Å². The first kappa shape index (κ1) is 39.2. The van der Waals surface area contributed by atoms with Crippen LogP contribution in [0.4, 0.5) is 0 Å². The number of carbonyl (C=O) groups is 2. The zero-order valence-corrected chi connectivity index (χ0v) is 32.1. The van der Waals surface area contributed by atoms with Gasteiger partial charge in [0.2, 0.25) is 0 Å². The fourth-order valence-corrected chi connectivity index (χ4v) is 7.06. The van der Waals surface area contributed by atoms with Crippen molar-refractivity contribution >= 4 is 31.4 Å². The second kappa shape index (κ2) is 17.4. The van der Waals surface area contributed by atoms with E-state index in [2.05, 4.69) is 60.9 Å². The molecule has 0 spiro atoms. The highest BCUT2D eigenvalue weighted by Crippen LogP contribution is 2.31. The highest BCUT2D eigenvalue weighted by molar-refractivity contribution is 6.76. The maximum absolute atomic E-state index is 13.4. The van der Waals surface area contributed by atoms with Crippen molar-refractivity contribution in [3.05, 3.63) is 112 Å². The number of ketones is 1. The van der Waals surface area contributed by atoms with Crippen molar-refractivity contribution in [2.75, 3.05) is 19.5 Å². The molecule has 0 heterocycles. The predicted molar refractivity (Wildman–Crippen MR) is 200 cm³/mol. The van der Waals surface area contributed by atoms with Crippen LogP contribution in [0.15, 0.2) is 78.9 Å². The lowest BCUT2D eigenvalue weighted by atomic mass is 10.0. The topological polar surface area (TPSA) is 65.1 Å². The molecule has 0 saturated heterocycles. The van der Waals surface area contributed by atoms with E-state index in [9.17, 15) is 9.59 Å². The molecule has 48 heavy (non-hydrogen) atoms. The minimum atomic E-state index is -1.34. The number of ether oxygens (including phenoxy) is 3. The minimum absolute atomic E-state index is 0.0458. The SMILES string of the molecule is Cc1cc(CC/C=C/C(=O)c2ccc(Cl)cc2)cc(C)c1OC(C)(C)C(=O)OC(C)(C)CCOCN(Cc1ccccc1)C[Si](C)(C)C. The lowest BCUT2D eigenvalue weighted by Crippen LogP contribution is -2.45. The third-order valence-electron chi connectivity index (χ3n) is 7.80. The van der Waals surface area contributed by atoms with Gasteiger partial charge in [-0.1, -0.05) is 79.8 Å². The first-order chi connectivity index (χ1) is 22.4. The van der Waals surface area contributed by atoms with E-state index >= 15 is 0 Å². The van der Waals surface area contributed by atoms with Gasteiger partial charge in [-0.25, -0.2) is 4.79 Å². The maximum atomic E-state index is 13.4. The maximum Gasteiger partial charge on any atom is 0.350 e. The van der Waals surface area contributed by atoms with Gasteiger partial charge in [-0.2, -0.15) is 0 Å². The predicted octanol–water partition coefficient (Wildman–Crippen LogP) is 9.55. The summed E-state index contributed by atoms with van der Waals surface area (Å²) in [4.78, 5) is 28.2. The van der Waals surface area contributed by atoms with E-state index in [4.69, 9.17) is 25.8 Å². The van der Waals surface area contributed by atoms with Crippen LogP contribution in [0.2, 0.25) is 24.7 Å². The molecule has 6 nitrogen and oxygen atoms in total. The highest BCUT2D eigenvalue weighted by atomic mass is 35.5. The van der Waals surface area contributed by atoms with Gasteiger partial charge in [0, 0.05) is 23.6 Å². The molecule has 0 bridgehead atoms. The average Bonchev–Trinajstić information content (AvgIpc) is 2.99. The first-order valence-corrected chi connectivity index (χ1v) is 20.9. The Hall–Kier alpha value is -3.23. The number of allylic oxidation sites excluding steroid dienone is 2. The highest BCUT2D eigenvalue weighted by Gasteiger charge is 2.37. The average molecular weight is 692 g/mol. The summed E-state index contributed by atoms with van der Waals surface area (Å²) < 4.78 is 18.4. The summed E-state index contributed by atoms with van der Waals surface area (Å²) in [5.41, 5.74) is 2.99. The second-order valence-corrected chi connectivity index (χ2v) is 20.8. The number of halogens is 1. The van der Waals surface area contributed by atoms with E-state index < -0.39 is 25.2 Å². The summed E-state index contributed by atoms with van der Waals surface area (Å²) >= 11 is 5.92. The van der Waals surface area contributed by atoms with Gasteiger partial charge in [0.25, 0.3) is 0 Å². The van der Waals surface area contributed by atoms with Crippen LogP contribution in [0.5, 0.6) is 5.75 Å². The van der Waals surface area contributed by atoms with Crippen LogP contribution in [0, 0.1) is 13.8 Å². The molecule has 0 unspecified atom stereocenters. The molecule has 3 aromatic carbocycles. The summed E-state index contributed by atoms with van der Waals surface area (Å²) in [7, 11) is -1.34. The summed E-state index contributed by atoms with van der Waals surface area (Å²) in [6, 6.07) is 21.5. The molecule has 0 N–H and O–H groups in total. The summed E-state index contributed by atoms with van der Waals surface area (Å²) in [6.45, 7) is 20.2. The standard InChI is InChI=1S/C40H54ClNO5Si/c1-30-25-33(17-13-14-18-36(43)34-19-21-35(41)22-20-34)26-31(2)37(30)46-40(5,6)38(44)47-39(3,4)23-24-45-28-42(29-48(7,8)9)27-32-15-11-10-12-16-32/h10-12,14-16,18-22,25-26H,13,17,23-24,27-29H2,1-9H3/b18-14+. The Morgan fingerprint density at radius 2 is 1.52 bits per heavy atom. The molecule has 0 aliphatic heterocycles. The lowest BCUT2D eigenvalue weighted by molar-refractivity contribution is -0.174. The van der Waals surface area contributed by atoms with E-state index in [0.717, 1.165) is 42.2 Å². The third kappa shape index (κ3) is 13.3. The Kier molecular flexibility index (Phi) is 14.2. The molecule has 260 valence electrons.